The van der Waals surface area contributed by atoms with Gasteiger partial charge >= 0.3 is 5.97 Å². The molecule has 5 nitrogen and oxygen atoms in total. The van der Waals surface area contributed by atoms with E-state index < -0.39 is 24.3 Å². The van der Waals surface area contributed by atoms with Crippen LogP contribution in [0.25, 0.3) is 0 Å². The van der Waals surface area contributed by atoms with Crippen molar-refractivity contribution in [2.75, 3.05) is 0 Å². The second-order valence-electron chi connectivity index (χ2n) is 2.17. The van der Waals surface area contributed by atoms with Gasteiger partial charge in [0, 0.05) is 6.42 Å². The summed E-state index contributed by atoms with van der Waals surface area (Å²) in [6.45, 7) is 1.27. The van der Waals surface area contributed by atoms with Crippen molar-refractivity contribution in [3.8, 4) is 0 Å². The largest absolute Gasteiger partial charge is 0.477 e. The van der Waals surface area contributed by atoms with Crippen molar-refractivity contribution >= 4 is 5.97 Å². The highest BCUT2D eigenvalue weighted by atomic mass is 16.5. The molecular formula is C5H10O5. The Morgan fingerprint density at radius 3 is 2.10 bits per heavy atom. The number of carbonyl (C=O) groups is 1. The van der Waals surface area contributed by atoms with Crippen molar-refractivity contribution in [1.29, 1.82) is 0 Å². The lowest BCUT2D eigenvalue weighted by Crippen LogP contribution is -2.40. The van der Waals surface area contributed by atoms with E-state index >= 15 is 0 Å². The van der Waals surface area contributed by atoms with Gasteiger partial charge in [-0.1, -0.05) is 0 Å². The van der Waals surface area contributed by atoms with Crippen LogP contribution in [-0.4, -0.2) is 38.3 Å². The van der Waals surface area contributed by atoms with E-state index in [9.17, 15) is 4.79 Å². The number of rotatable bonds is 3. The third-order valence-corrected chi connectivity index (χ3v) is 0.923. The van der Waals surface area contributed by atoms with Gasteiger partial charge in [0.15, 0.2) is 0 Å². The second kappa shape index (κ2) is 2.96. The molecule has 0 aliphatic rings. The molecule has 0 spiro atoms. The average Bonchev–Trinajstić information content (AvgIpc) is 1.60. The summed E-state index contributed by atoms with van der Waals surface area (Å²) in [4.78, 5) is 9.95. The molecule has 1 unspecified atom stereocenters. The fraction of sp³-hybridized carbons (Fsp3) is 0.800. The van der Waals surface area contributed by atoms with Crippen LogP contribution in [0.15, 0.2) is 0 Å². The summed E-state index contributed by atoms with van der Waals surface area (Å²) in [7, 11) is 0. The Morgan fingerprint density at radius 1 is 1.60 bits per heavy atom. The summed E-state index contributed by atoms with van der Waals surface area (Å²) in [5.41, 5.74) is 0. The van der Waals surface area contributed by atoms with Crippen molar-refractivity contribution in [3.63, 3.8) is 0 Å². The summed E-state index contributed by atoms with van der Waals surface area (Å²) in [5.74, 6) is -4.57. The molecule has 0 rings (SSSR count). The quantitative estimate of drug-likeness (QED) is 0.368. The van der Waals surface area contributed by atoms with Crippen LogP contribution in [0, 0.1) is 0 Å². The summed E-state index contributed by atoms with van der Waals surface area (Å²) >= 11 is 0. The maximum absolute atomic E-state index is 9.95. The van der Waals surface area contributed by atoms with Crippen molar-refractivity contribution in [2.45, 2.75) is 25.2 Å². The molecule has 0 bridgehead atoms. The third-order valence-electron chi connectivity index (χ3n) is 0.923. The monoisotopic (exact) mass is 150 g/mol. The van der Waals surface area contributed by atoms with Gasteiger partial charge in [0.2, 0.25) is 0 Å². The third kappa shape index (κ3) is 2.77. The molecule has 0 aliphatic heterocycles. The number of aliphatic hydroxyl groups is 3. The first-order valence-electron chi connectivity index (χ1n) is 2.72. The molecule has 0 heterocycles. The van der Waals surface area contributed by atoms with Crippen LogP contribution >= 0.6 is 0 Å². The lowest BCUT2D eigenvalue weighted by molar-refractivity contribution is -0.211. The van der Waals surface area contributed by atoms with Crippen molar-refractivity contribution in [3.05, 3.63) is 0 Å². The minimum atomic E-state index is -2.81. The van der Waals surface area contributed by atoms with Crippen LogP contribution < -0.4 is 0 Å². The van der Waals surface area contributed by atoms with Crippen molar-refractivity contribution < 1.29 is 25.2 Å². The molecule has 0 aliphatic carbocycles. The highest BCUT2D eigenvalue weighted by molar-refractivity contribution is 5.74. The molecule has 60 valence electrons. The van der Waals surface area contributed by atoms with E-state index in [1.165, 1.54) is 6.92 Å². The van der Waals surface area contributed by atoms with Crippen molar-refractivity contribution in [2.24, 2.45) is 0 Å². The molecule has 1 atom stereocenters. The summed E-state index contributed by atoms with van der Waals surface area (Å²) in [6.07, 6.45) is -1.64. The minimum absolute atomic E-state index is 0.595. The Bertz CT molecular complexity index is 128. The van der Waals surface area contributed by atoms with Crippen LogP contribution in [0.1, 0.15) is 13.3 Å². The van der Waals surface area contributed by atoms with Crippen LogP contribution in [0.4, 0.5) is 0 Å². The van der Waals surface area contributed by atoms with Crippen LogP contribution in [-0.2, 0) is 4.79 Å². The predicted octanol–water partition coefficient (Wildman–Crippen LogP) is -1.48. The summed E-state index contributed by atoms with van der Waals surface area (Å²) < 4.78 is 0. The van der Waals surface area contributed by atoms with Gasteiger partial charge in [0.25, 0.3) is 5.79 Å². The molecule has 0 amide bonds. The maximum atomic E-state index is 9.95. The molecular weight excluding hydrogens is 140 g/mol. The van der Waals surface area contributed by atoms with E-state index in [0.29, 0.717) is 0 Å². The van der Waals surface area contributed by atoms with E-state index in [4.69, 9.17) is 20.4 Å². The number of hydrogen-bond donors (Lipinski definition) is 4. The lowest BCUT2D eigenvalue weighted by Gasteiger charge is -2.17. The minimum Gasteiger partial charge on any atom is -0.477 e. The molecule has 0 aromatic carbocycles. The Labute approximate surface area is 57.5 Å². The highest BCUT2D eigenvalue weighted by Gasteiger charge is 2.34. The van der Waals surface area contributed by atoms with Gasteiger partial charge in [-0.25, -0.2) is 4.79 Å². The van der Waals surface area contributed by atoms with E-state index in [-0.39, 0.29) is 0 Å². The highest BCUT2D eigenvalue weighted by Crippen LogP contribution is 2.08. The first-order chi connectivity index (χ1) is 4.36. The first kappa shape index (κ1) is 9.35. The topological polar surface area (TPSA) is 98.0 Å². The smallest absolute Gasteiger partial charge is 0.364 e. The summed E-state index contributed by atoms with van der Waals surface area (Å²) in [6, 6.07) is 0. The fourth-order valence-corrected chi connectivity index (χ4v) is 0.499. The molecule has 0 fully saturated rings. The zero-order valence-corrected chi connectivity index (χ0v) is 5.48. The first-order valence-corrected chi connectivity index (χ1v) is 2.72. The molecule has 0 aromatic heterocycles. The summed E-state index contributed by atoms with van der Waals surface area (Å²) in [5, 5.41) is 33.7. The van der Waals surface area contributed by atoms with E-state index in [2.05, 4.69) is 0 Å². The van der Waals surface area contributed by atoms with Crippen molar-refractivity contribution in [1.82, 2.24) is 0 Å². The molecule has 0 radical (unpaired) electrons. The number of hydrogen-bond acceptors (Lipinski definition) is 4. The van der Waals surface area contributed by atoms with Gasteiger partial charge in [0.1, 0.15) is 0 Å². The van der Waals surface area contributed by atoms with E-state index in [1.807, 2.05) is 0 Å². The fourth-order valence-electron chi connectivity index (χ4n) is 0.499. The Kier molecular flexibility index (Phi) is 2.77. The Balaban J connectivity index is 4.00. The molecule has 10 heavy (non-hydrogen) atoms. The maximum Gasteiger partial charge on any atom is 0.364 e. The zero-order chi connectivity index (χ0) is 8.36. The van der Waals surface area contributed by atoms with Crippen LogP contribution in [0.2, 0.25) is 0 Å². The van der Waals surface area contributed by atoms with Gasteiger partial charge < -0.3 is 20.4 Å². The number of aliphatic carboxylic acids is 1. The predicted molar refractivity (Wildman–Crippen MR) is 31.1 cm³/mol. The number of carboxylic acids is 1. The molecule has 0 saturated carbocycles. The van der Waals surface area contributed by atoms with Gasteiger partial charge in [-0.05, 0) is 6.92 Å². The second-order valence-corrected chi connectivity index (χ2v) is 2.17. The van der Waals surface area contributed by atoms with Gasteiger partial charge in [-0.2, -0.15) is 0 Å². The Morgan fingerprint density at radius 2 is 2.00 bits per heavy atom. The molecule has 0 aromatic rings. The molecule has 4 N–H and O–H groups in total. The number of carboxylic acid groups (broad SMARTS) is 1. The standard InChI is InChI=1S/C5H10O5/c1-3(6)2-5(9,10)4(7)8/h3,6,9-10H,2H2,1H3,(H,7,8). The zero-order valence-electron chi connectivity index (χ0n) is 5.48. The molecule has 0 saturated heterocycles. The van der Waals surface area contributed by atoms with Crippen LogP contribution in [0.5, 0.6) is 0 Å². The average molecular weight is 150 g/mol. The van der Waals surface area contributed by atoms with E-state index in [0.717, 1.165) is 0 Å². The van der Waals surface area contributed by atoms with Gasteiger partial charge in [0.05, 0.1) is 6.10 Å². The Hall–Kier alpha value is -0.650. The van der Waals surface area contributed by atoms with Crippen LogP contribution in [0.3, 0.4) is 0 Å². The molecule has 5 heteroatoms. The van der Waals surface area contributed by atoms with Gasteiger partial charge in [-0.15, -0.1) is 0 Å². The SMILES string of the molecule is CC(O)CC(O)(O)C(=O)O. The van der Waals surface area contributed by atoms with Gasteiger partial charge in [-0.3, -0.25) is 0 Å². The van der Waals surface area contributed by atoms with E-state index in [1.54, 1.807) is 0 Å². The normalized spacial score (nSPS) is 14.8. The lowest BCUT2D eigenvalue weighted by atomic mass is 10.1. The number of aliphatic hydroxyl groups excluding tert-OH is 1.